The smallest absolute Gasteiger partial charge is 0.295 e. The lowest BCUT2D eigenvalue weighted by Gasteiger charge is -2.25. The van der Waals surface area contributed by atoms with Gasteiger partial charge in [-0.1, -0.05) is 6.07 Å². The lowest BCUT2D eigenvalue weighted by molar-refractivity contribution is -0.117. The summed E-state index contributed by atoms with van der Waals surface area (Å²) in [6.07, 6.45) is 4.49. The van der Waals surface area contributed by atoms with Gasteiger partial charge in [0.25, 0.3) is 6.43 Å². The molecule has 3 aromatic heterocycles. The summed E-state index contributed by atoms with van der Waals surface area (Å²) in [6, 6.07) is 6.29. The second-order valence-corrected chi connectivity index (χ2v) is 12.5. The Morgan fingerprint density at radius 3 is 2.56 bits per heavy atom. The summed E-state index contributed by atoms with van der Waals surface area (Å²) in [5, 5.41) is 5.87. The summed E-state index contributed by atoms with van der Waals surface area (Å²) in [7, 11) is -1.94. The molecule has 4 heterocycles. The van der Waals surface area contributed by atoms with E-state index in [0.717, 1.165) is 31.9 Å². The van der Waals surface area contributed by atoms with Crippen molar-refractivity contribution >= 4 is 44.1 Å². The Bertz CT molecular complexity index is 1740. The predicted molar refractivity (Wildman–Crippen MR) is 148 cm³/mol. The zero-order chi connectivity index (χ0) is 28.9. The van der Waals surface area contributed by atoms with Crippen molar-refractivity contribution < 1.29 is 26.7 Å². The number of aromatic nitrogens is 5. The lowest BCUT2D eigenvalue weighted by Crippen LogP contribution is -2.21. The van der Waals surface area contributed by atoms with Gasteiger partial charge >= 0.3 is 0 Å². The van der Waals surface area contributed by atoms with Gasteiger partial charge in [-0.05, 0) is 44.2 Å². The molecule has 0 spiro atoms. The summed E-state index contributed by atoms with van der Waals surface area (Å²) < 4.78 is 63.2. The molecule has 4 aromatic rings. The first-order valence-corrected chi connectivity index (χ1v) is 15.2. The number of rotatable bonds is 8. The molecule has 1 aliphatic heterocycles. The van der Waals surface area contributed by atoms with Crippen molar-refractivity contribution in [1.82, 2.24) is 24.1 Å². The molecule has 14 heteroatoms. The third-order valence-electron chi connectivity index (χ3n) is 7.16. The predicted octanol–water partition coefficient (Wildman–Crippen LogP) is 4.96. The summed E-state index contributed by atoms with van der Waals surface area (Å²) in [4.78, 5) is 25.7. The van der Waals surface area contributed by atoms with Crippen LogP contribution in [-0.4, -0.2) is 51.3 Å². The first-order valence-electron chi connectivity index (χ1n) is 13.3. The largest absolute Gasteiger partial charge is 0.358 e. The van der Waals surface area contributed by atoms with Crippen LogP contribution in [0.4, 0.5) is 26.0 Å². The molecule has 1 amide bonds. The Balaban J connectivity index is 1.50. The number of fused-ring (bicyclic) bond motifs is 1. The van der Waals surface area contributed by atoms with Crippen LogP contribution < -0.4 is 10.6 Å². The molecule has 11 nitrogen and oxygen atoms in total. The maximum absolute atomic E-state index is 14.3. The second-order valence-electron chi connectivity index (χ2n) is 10.5. The Kier molecular flexibility index (Phi) is 6.98. The van der Waals surface area contributed by atoms with Crippen LogP contribution in [0.15, 0.2) is 41.7 Å². The zero-order valence-electron chi connectivity index (χ0n) is 22.5. The lowest BCUT2D eigenvalue weighted by atomic mass is 10.1. The van der Waals surface area contributed by atoms with Crippen LogP contribution in [0.2, 0.25) is 0 Å². The van der Waals surface area contributed by atoms with Crippen molar-refractivity contribution in [3.8, 4) is 11.3 Å². The number of sulfone groups is 1. The van der Waals surface area contributed by atoms with Gasteiger partial charge in [-0.25, -0.2) is 32.2 Å². The zero-order valence-corrected chi connectivity index (χ0v) is 23.3. The highest BCUT2D eigenvalue weighted by Gasteiger charge is 2.32. The molecule has 0 radical (unpaired) electrons. The molecule has 216 valence electrons. The second kappa shape index (κ2) is 10.5. The number of amides is 1. The highest BCUT2D eigenvalue weighted by Crippen LogP contribution is 2.38. The quantitative estimate of drug-likeness (QED) is 0.296. The summed E-state index contributed by atoms with van der Waals surface area (Å²) >= 11 is 0. The van der Waals surface area contributed by atoms with Crippen molar-refractivity contribution in [2.45, 2.75) is 49.7 Å². The van der Waals surface area contributed by atoms with Gasteiger partial charge in [0, 0.05) is 43.7 Å². The fraction of sp³-hybridized carbons (Fsp3) is 0.407. The van der Waals surface area contributed by atoms with Gasteiger partial charge in [0.05, 0.1) is 28.3 Å². The highest BCUT2D eigenvalue weighted by molar-refractivity contribution is 7.90. The maximum Gasteiger partial charge on any atom is 0.295 e. The highest BCUT2D eigenvalue weighted by atomic mass is 32.2. The fourth-order valence-electron chi connectivity index (χ4n) is 4.98. The van der Waals surface area contributed by atoms with E-state index in [2.05, 4.69) is 25.6 Å². The Labute approximate surface area is 234 Å². The molecule has 1 aliphatic carbocycles. The molecule has 1 aromatic carbocycles. The average Bonchev–Trinajstić information content (AvgIpc) is 3.58. The van der Waals surface area contributed by atoms with Crippen LogP contribution in [0.3, 0.4) is 0 Å². The molecular weight excluding hydrogens is 556 g/mol. The van der Waals surface area contributed by atoms with Gasteiger partial charge in [-0.15, -0.1) is 0 Å². The Hall–Kier alpha value is -3.91. The average molecular weight is 586 g/mol. The van der Waals surface area contributed by atoms with Gasteiger partial charge in [-0.3, -0.25) is 9.36 Å². The van der Waals surface area contributed by atoms with Crippen molar-refractivity contribution in [2.24, 2.45) is 13.0 Å². The van der Waals surface area contributed by atoms with Gasteiger partial charge < -0.3 is 19.9 Å². The number of nitrogens with zero attached hydrogens (tertiary/aromatic N) is 5. The molecule has 2 fully saturated rings. The number of hydrogen-bond acceptors (Lipinski definition) is 8. The standard InChI is InChI=1S/C27H29F2N7O4S/c1-35-13-19(30-14-35)16-8-9-17(20(11-16)41(2,38)39)31-18-12-21(33-27(37)15-6-7-15)32-25-23(18)34-26(24(28)29)36(25)22-5-3-4-10-40-22/h8-9,11-15,22,24H,3-7,10H2,1-2H3,(H2,31,32,33,37). The number of carbonyl (C=O) groups excluding carboxylic acids is 1. The van der Waals surface area contributed by atoms with E-state index in [4.69, 9.17) is 4.74 Å². The minimum atomic E-state index is -3.74. The molecule has 41 heavy (non-hydrogen) atoms. The van der Waals surface area contributed by atoms with Crippen LogP contribution >= 0.6 is 0 Å². The van der Waals surface area contributed by atoms with Crippen LogP contribution in [0.5, 0.6) is 0 Å². The Morgan fingerprint density at radius 1 is 1.12 bits per heavy atom. The third kappa shape index (κ3) is 5.53. The number of aryl methyl sites for hydroxylation is 1. The summed E-state index contributed by atoms with van der Waals surface area (Å²) in [6.45, 7) is 0.413. The van der Waals surface area contributed by atoms with Gasteiger partial charge in [-0.2, -0.15) is 0 Å². The van der Waals surface area contributed by atoms with Crippen LogP contribution in [0.1, 0.15) is 50.6 Å². The number of alkyl halides is 2. The van der Waals surface area contributed by atoms with Crippen molar-refractivity contribution in [3.05, 3.63) is 42.6 Å². The number of carbonyl (C=O) groups is 1. The first-order chi connectivity index (χ1) is 19.6. The summed E-state index contributed by atoms with van der Waals surface area (Å²) in [5.74, 6) is -0.709. The van der Waals surface area contributed by atoms with Gasteiger partial charge in [0.15, 0.2) is 21.3 Å². The number of halogens is 2. The molecule has 1 saturated carbocycles. The minimum absolute atomic E-state index is 0.0155. The topological polar surface area (TPSA) is 133 Å². The molecule has 1 unspecified atom stereocenters. The molecular formula is C27H29F2N7O4S. The van der Waals surface area contributed by atoms with Crippen molar-refractivity contribution in [3.63, 3.8) is 0 Å². The SMILES string of the molecule is Cn1cnc(-c2ccc(Nc3cc(NC(=O)C4CC4)nc4c3nc(C(F)F)n4C3CCCCO3)c(S(C)(=O)=O)c2)c1. The van der Waals surface area contributed by atoms with E-state index >= 15 is 0 Å². The number of benzene rings is 1. The number of anilines is 3. The number of hydrogen-bond donors (Lipinski definition) is 2. The van der Waals surface area contributed by atoms with Gasteiger partial charge in [0.2, 0.25) is 5.91 Å². The minimum Gasteiger partial charge on any atom is -0.358 e. The van der Waals surface area contributed by atoms with E-state index < -0.39 is 28.3 Å². The van der Waals surface area contributed by atoms with E-state index in [1.165, 1.54) is 16.7 Å². The van der Waals surface area contributed by atoms with E-state index in [0.29, 0.717) is 24.3 Å². The normalized spacial score (nSPS) is 17.7. The molecule has 0 bridgehead atoms. The number of ether oxygens (including phenoxy) is 1. The molecule has 1 atom stereocenters. The number of nitrogens with one attached hydrogen (secondary N) is 2. The monoisotopic (exact) mass is 585 g/mol. The van der Waals surface area contributed by atoms with Gasteiger partial charge in [0.1, 0.15) is 17.6 Å². The van der Waals surface area contributed by atoms with Crippen LogP contribution in [0, 0.1) is 5.92 Å². The van der Waals surface area contributed by atoms with Crippen LogP contribution in [-0.2, 0) is 26.4 Å². The van der Waals surface area contributed by atoms with E-state index in [1.54, 1.807) is 29.2 Å². The van der Waals surface area contributed by atoms with Crippen molar-refractivity contribution in [1.29, 1.82) is 0 Å². The van der Waals surface area contributed by atoms with Crippen LogP contribution in [0.25, 0.3) is 22.4 Å². The Morgan fingerprint density at radius 2 is 1.93 bits per heavy atom. The fourth-order valence-corrected chi connectivity index (χ4v) is 5.84. The maximum atomic E-state index is 14.3. The first kappa shape index (κ1) is 27.3. The van der Waals surface area contributed by atoms with E-state index in [1.807, 2.05) is 7.05 Å². The third-order valence-corrected chi connectivity index (χ3v) is 8.30. The number of pyridine rings is 1. The molecule has 2 N–H and O–H groups in total. The molecule has 1 saturated heterocycles. The molecule has 2 aliphatic rings. The van der Waals surface area contributed by atoms with E-state index in [-0.39, 0.29) is 45.1 Å². The number of imidazole rings is 2. The summed E-state index contributed by atoms with van der Waals surface area (Å²) in [5.41, 5.74) is 1.82. The van der Waals surface area contributed by atoms with Crippen molar-refractivity contribution in [2.75, 3.05) is 23.5 Å². The van der Waals surface area contributed by atoms with E-state index in [9.17, 15) is 22.0 Å². The molecule has 6 rings (SSSR count).